The quantitative estimate of drug-likeness (QED) is 0.594. The van der Waals surface area contributed by atoms with Crippen LogP contribution in [0.15, 0.2) is 45.9 Å². The topological polar surface area (TPSA) is 121 Å². The van der Waals surface area contributed by atoms with Crippen LogP contribution in [0.2, 0.25) is 0 Å². The smallest absolute Gasteiger partial charge is 0.286 e. The molecule has 1 aromatic carbocycles. The summed E-state index contributed by atoms with van der Waals surface area (Å²) in [5.74, 6) is -0.548. The van der Waals surface area contributed by atoms with Gasteiger partial charge in [0.25, 0.3) is 5.91 Å². The average molecular weight is 477 g/mol. The van der Waals surface area contributed by atoms with E-state index in [1.165, 1.54) is 22.7 Å². The van der Waals surface area contributed by atoms with Crippen LogP contribution in [0, 0.1) is 0 Å². The number of amides is 2. The molecule has 2 fully saturated rings. The van der Waals surface area contributed by atoms with Gasteiger partial charge in [0.2, 0.25) is 15.9 Å². The van der Waals surface area contributed by atoms with Gasteiger partial charge in [-0.3, -0.25) is 9.59 Å². The summed E-state index contributed by atoms with van der Waals surface area (Å²) < 4.78 is 37.9. The fourth-order valence-corrected chi connectivity index (χ4v) is 5.38. The van der Waals surface area contributed by atoms with E-state index in [4.69, 9.17) is 9.15 Å². The number of sulfonamides is 1. The summed E-state index contributed by atoms with van der Waals surface area (Å²) in [4.78, 5) is 26.9. The lowest BCUT2D eigenvalue weighted by atomic mass is 10.2. The van der Waals surface area contributed by atoms with Crippen molar-refractivity contribution in [1.82, 2.24) is 9.62 Å². The molecule has 0 unspecified atom stereocenters. The zero-order valence-electron chi connectivity index (χ0n) is 18.3. The van der Waals surface area contributed by atoms with Crippen molar-refractivity contribution in [1.29, 1.82) is 0 Å². The number of carbonyl (C=O) groups excluding carboxylic acids is 2. The van der Waals surface area contributed by atoms with Crippen molar-refractivity contribution in [2.24, 2.45) is 0 Å². The van der Waals surface area contributed by atoms with E-state index in [0.29, 0.717) is 32.0 Å². The molecule has 2 amide bonds. The maximum atomic E-state index is 13.1. The lowest BCUT2D eigenvalue weighted by Crippen LogP contribution is -2.40. The fourth-order valence-electron chi connectivity index (χ4n) is 3.94. The van der Waals surface area contributed by atoms with Crippen molar-refractivity contribution >= 4 is 33.2 Å². The molecule has 0 aliphatic carbocycles. The molecule has 10 nitrogen and oxygen atoms in total. The molecule has 2 aliphatic heterocycles. The second-order valence-electron chi connectivity index (χ2n) is 7.92. The maximum Gasteiger partial charge on any atom is 0.286 e. The Morgan fingerprint density at radius 3 is 2.48 bits per heavy atom. The molecule has 33 heavy (non-hydrogen) atoms. The van der Waals surface area contributed by atoms with Gasteiger partial charge in [0.05, 0.1) is 35.7 Å². The molecular formula is C22H28N4O6S. The lowest BCUT2D eigenvalue weighted by Gasteiger charge is -2.27. The second kappa shape index (κ2) is 10.4. The number of anilines is 2. The number of ether oxygens (including phenoxy) is 1. The Morgan fingerprint density at radius 1 is 1.03 bits per heavy atom. The molecule has 11 heteroatoms. The summed E-state index contributed by atoms with van der Waals surface area (Å²) in [6, 6.07) is 8.03. The number of rotatable bonds is 8. The highest BCUT2D eigenvalue weighted by molar-refractivity contribution is 7.89. The number of hydrogen-bond acceptors (Lipinski definition) is 7. The normalized spacial score (nSPS) is 17.2. The van der Waals surface area contributed by atoms with Gasteiger partial charge < -0.3 is 24.7 Å². The largest absolute Gasteiger partial charge is 0.459 e. The number of nitrogens with zero attached hydrogens (tertiary/aromatic N) is 2. The van der Waals surface area contributed by atoms with Crippen LogP contribution in [-0.4, -0.2) is 70.5 Å². The van der Waals surface area contributed by atoms with E-state index >= 15 is 0 Å². The van der Waals surface area contributed by atoms with Crippen molar-refractivity contribution in [3.8, 4) is 0 Å². The molecule has 2 saturated heterocycles. The Morgan fingerprint density at radius 2 is 1.79 bits per heavy atom. The summed E-state index contributed by atoms with van der Waals surface area (Å²) in [5.41, 5.74) is 1.25. The van der Waals surface area contributed by atoms with Crippen LogP contribution in [0.25, 0.3) is 0 Å². The molecule has 0 bridgehead atoms. The van der Waals surface area contributed by atoms with Crippen LogP contribution < -0.4 is 15.5 Å². The summed E-state index contributed by atoms with van der Waals surface area (Å²) in [7, 11) is -3.70. The summed E-state index contributed by atoms with van der Waals surface area (Å²) >= 11 is 0. The van der Waals surface area contributed by atoms with Gasteiger partial charge in [-0.1, -0.05) is 0 Å². The van der Waals surface area contributed by atoms with E-state index in [9.17, 15) is 18.0 Å². The highest BCUT2D eigenvalue weighted by Crippen LogP contribution is 2.32. The van der Waals surface area contributed by atoms with Crippen LogP contribution in [0.3, 0.4) is 0 Å². The van der Waals surface area contributed by atoms with Gasteiger partial charge in [-0.25, -0.2) is 8.42 Å². The van der Waals surface area contributed by atoms with E-state index in [1.54, 1.807) is 18.2 Å². The molecule has 0 radical (unpaired) electrons. The van der Waals surface area contributed by atoms with Gasteiger partial charge in [-0.15, -0.1) is 0 Å². The third kappa shape index (κ3) is 5.55. The number of benzene rings is 1. The van der Waals surface area contributed by atoms with Crippen LogP contribution in [0.5, 0.6) is 0 Å². The maximum absolute atomic E-state index is 13.1. The predicted octanol–water partition coefficient (Wildman–Crippen LogP) is 1.66. The van der Waals surface area contributed by atoms with Gasteiger partial charge in [0, 0.05) is 39.1 Å². The standard InChI is InChI=1S/C22H28N4O6S/c27-21(7-8-23-22(28)20-4-3-13-32-20)24-18-16-17(5-6-19(18)25-9-1-2-10-25)33(29,30)26-11-14-31-15-12-26/h3-6,13,16H,1-2,7-12,14-15H2,(H,23,28)(H,24,27). The Bertz CT molecular complexity index is 1070. The minimum Gasteiger partial charge on any atom is -0.459 e. The molecular weight excluding hydrogens is 448 g/mol. The van der Waals surface area contributed by atoms with Crippen molar-refractivity contribution in [3.63, 3.8) is 0 Å². The van der Waals surface area contributed by atoms with Gasteiger partial charge >= 0.3 is 0 Å². The zero-order chi connectivity index (χ0) is 23.3. The molecule has 178 valence electrons. The van der Waals surface area contributed by atoms with Gasteiger partial charge in [0.1, 0.15) is 0 Å². The molecule has 1 aromatic heterocycles. The van der Waals surface area contributed by atoms with Crippen LogP contribution >= 0.6 is 0 Å². The predicted molar refractivity (Wildman–Crippen MR) is 122 cm³/mol. The third-order valence-electron chi connectivity index (χ3n) is 5.68. The number of nitrogens with one attached hydrogen (secondary N) is 2. The van der Waals surface area contributed by atoms with Crippen molar-refractivity contribution in [2.45, 2.75) is 24.2 Å². The molecule has 2 aromatic rings. The molecule has 0 spiro atoms. The monoisotopic (exact) mass is 476 g/mol. The SMILES string of the molecule is O=C(CCNC(=O)c1ccco1)Nc1cc(S(=O)(=O)N2CCOCC2)ccc1N1CCCC1. The number of hydrogen-bond donors (Lipinski definition) is 2. The minimum absolute atomic E-state index is 0.0341. The van der Waals surface area contributed by atoms with E-state index in [0.717, 1.165) is 31.6 Å². The zero-order valence-corrected chi connectivity index (χ0v) is 19.1. The van der Waals surface area contributed by atoms with Crippen molar-refractivity contribution in [3.05, 3.63) is 42.4 Å². The van der Waals surface area contributed by atoms with E-state index in [1.807, 2.05) is 0 Å². The van der Waals surface area contributed by atoms with Crippen molar-refractivity contribution < 1.29 is 27.2 Å². The molecule has 0 atom stereocenters. The minimum atomic E-state index is -3.70. The van der Waals surface area contributed by atoms with E-state index < -0.39 is 15.9 Å². The molecule has 2 aliphatic rings. The average Bonchev–Trinajstić information content (AvgIpc) is 3.54. The molecule has 0 saturated carbocycles. The molecule has 2 N–H and O–H groups in total. The Labute approximate surface area is 192 Å². The molecule has 3 heterocycles. The summed E-state index contributed by atoms with van der Waals surface area (Å²) in [6.45, 7) is 3.13. The van der Waals surface area contributed by atoms with E-state index in [2.05, 4.69) is 15.5 Å². The highest BCUT2D eigenvalue weighted by Gasteiger charge is 2.28. The fraction of sp³-hybridized carbons (Fsp3) is 0.455. The lowest BCUT2D eigenvalue weighted by molar-refractivity contribution is -0.116. The first kappa shape index (κ1) is 23.3. The number of morpholine rings is 1. The van der Waals surface area contributed by atoms with E-state index in [-0.39, 0.29) is 29.5 Å². The van der Waals surface area contributed by atoms with Gasteiger partial charge in [0.15, 0.2) is 5.76 Å². The number of furan rings is 1. The van der Waals surface area contributed by atoms with Crippen LogP contribution in [0.1, 0.15) is 29.8 Å². The Hall–Kier alpha value is -2.89. The van der Waals surface area contributed by atoms with Crippen LogP contribution in [-0.2, 0) is 19.6 Å². The third-order valence-corrected chi connectivity index (χ3v) is 7.57. The summed E-state index contributed by atoms with van der Waals surface area (Å²) in [6.07, 6.45) is 3.52. The number of carbonyl (C=O) groups is 2. The summed E-state index contributed by atoms with van der Waals surface area (Å²) in [5, 5.41) is 5.48. The first-order valence-electron chi connectivity index (χ1n) is 11.0. The van der Waals surface area contributed by atoms with Crippen molar-refractivity contribution in [2.75, 3.05) is 56.2 Å². The Kier molecular flexibility index (Phi) is 7.31. The second-order valence-corrected chi connectivity index (χ2v) is 9.86. The Balaban J connectivity index is 1.47. The highest BCUT2D eigenvalue weighted by atomic mass is 32.2. The molecule has 4 rings (SSSR count). The first-order valence-corrected chi connectivity index (χ1v) is 12.5. The van der Waals surface area contributed by atoms with Gasteiger partial charge in [-0.05, 0) is 43.2 Å². The first-order chi connectivity index (χ1) is 15.9. The van der Waals surface area contributed by atoms with Crippen LogP contribution in [0.4, 0.5) is 11.4 Å². The van der Waals surface area contributed by atoms with Gasteiger partial charge in [-0.2, -0.15) is 4.31 Å².